The van der Waals surface area contributed by atoms with Gasteiger partial charge in [0.1, 0.15) is 5.75 Å². The molecule has 2 aromatic carbocycles. The Morgan fingerprint density at radius 2 is 1.94 bits per heavy atom. The average molecular weight is 243 g/mol. The number of ether oxygens (including phenoxy) is 1. The molecule has 0 bridgehead atoms. The van der Waals surface area contributed by atoms with Crippen LogP contribution in [0, 0.1) is 0 Å². The molecule has 0 aliphatic heterocycles. The van der Waals surface area contributed by atoms with E-state index in [0.717, 1.165) is 23.6 Å². The number of amides is 1. The Morgan fingerprint density at radius 3 is 2.72 bits per heavy atom. The third kappa shape index (κ3) is 3.23. The lowest BCUT2D eigenvalue weighted by Crippen LogP contribution is -2.27. The van der Waals surface area contributed by atoms with Gasteiger partial charge in [0.2, 0.25) is 0 Å². The fourth-order valence-corrected chi connectivity index (χ4v) is 1.74. The predicted octanol–water partition coefficient (Wildman–Crippen LogP) is 3.73. The number of hydrogen-bond donors (Lipinski definition) is 1. The Morgan fingerprint density at radius 1 is 1.17 bits per heavy atom. The van der Waals surface area contributed by atoms with Crippen LogP contribution in [0.4, 0.5) is 4.79 Å². The molecule has 94 valence electrons. The lowest BCUT2D eigenvalue weighted by molar-refractivity contribution is 0.200. The van der Waals surface area contributed by atoms with Crippen LogP contribution in [0.15, 0.2) is 42.5 Å². The minimum Gasteiger partial charge on any atom is -0.410 e. The van der Waals surface area contributed by atoms with Crippen LogP contribution in [-0.2, 0) is 0 Å². The molecule has 0 aliphatic carbocycles. The summed E-state index contributed by atoms with van der Waals surface area (Å²) in [5.74, 6) is 0.572. The second-order valence-corrected chi connectivity index (χ2v) is 4.18. The van der Waals surface area contributed by atoms with Crippen molar-refractivity contribution < 1.29 is 9.53 Å². The summed E-state index contributed by atoms with van der Waals surface area (Å²) in [5, 5.41) is 4.92. The maximum atomic E-state index is 11.5. The first kappa shape index (κ1) is 12.4. The van der Waals surface area contributed by atoms with Crippen LogP contribution < -0.4 is 10.1 Å². The molecule has 0 aliphatic rings. The maximum Gasteiger partial charge on any atom is 0.412 e. The third-order valence-corrected chi connectivity index (χ3v) is 2.73. The lowest BCUT2D eigenvalue weighted by Gasteiger charge is -2.06. The molecular weight excluding hydrogens is 226 g/mol. The van der Waals surface area contributed by atoms with Crippen molar-refractivity contribution in [3.63, 3.8) is 0 Å². The highest BCUT2D eigenvalue weighted by molar-refractivity contribution is 5.84. The average Bonchev–Trinajstić information content (AvgIpc) is 2.39. The molecule has 0 saturated heterocycles. The predicted molar refractivity (Wildman–Crippen MR) is 72.9 cm³/mol. The Hall–Kier alpha value is -2.03. The van der Waals surface area contributed by atoms with E-state index >= 15 is 0 Å². The Kier molecular flexibility index (Phi) is 4.18. The summed E-state index contributed by atoms with van der Waals surface area (Å²) in [7, 11) is 0. The first-order valence-electron chi connectivity index (χ1n) is 6.24. The van der Waals surface area contributed by atoms with E-state index in [4.69, 9.17) is 4.74 Å². The number of unbranched alkanes of at least 4 members (excludes halogenated alkanes) is 1. The van der Waals surface area contributed by atoms with Crippen molar-refractivity contribution in [2.75, 3.05) is 6.54 Å². The molecule has 0 spiro atoms. The highest BCUT2D eigenvalue weighted by atomic mass is 16.5. The first-order valence-corrected chi connectivity index (χ1v) is 6.24. The molecule has 1 amide bonds. The van der Waals surface area contributed by atoms with Crippen molar-refractivity contribution in [2.24, 2.45) is 0 Å². The second kappa shape index (κ2) is 6.05. The number of rotatable bonds is 4. The molecular formula is C15H17NO2. The van der Waals surface area contributed by atoms with Gasteiger partial charge in [0.15, 0.2) is 0 Å². The van der Waals surface area contributed by atoms with E-state index in [1.54, 1.807) is 0 Å². The van der Waals surface area contributed by atoms with E-state index in [1.165, 1.54) is 0 Å². The van der Waals surface area contributed by atoms with Gasteiger partial charge >= 0.3 is 6.09 Å². The Bertz CT molecular complexity index is 537. The minimum absolute atomic E-state index is 0.390. The first-order chi connectivity index (χ1) is 8.79. The van der Waals surface area contributed by atoms with Gasteiger partial charge in [-0.3, -0.25) is 0 Å². The summed E-state index contributed by atoms with van der Waals surface area (Å²) >= 11 is 0. The highest BCUT2D eigenvalue weighted by Gasteiger charge is 2.03. The van der Waals surface area contributed by atoms with E-state index in [-0.39, 0.29) is 0 Å². The molecule has 18 heavy (non-hydrogen) atoms. The van der Waals surface area contributed by atoms with Gasteiger partial charge in [-0.15, -0.1) is 0 Å². The van der Waals surface area contributed by atoms with E-state index in [1.807, 2.05) is 42.5 Å². The Balaban J connectivity index is 2.01. The molecule has 1 N–H and O–H groups in total. The van der Waals surface area contributed by atoms with Crippen LogP contribution in [0.3, 0.4) is 0 Å². The maximum absolute atomic E-state index is 11.5. The van der Waals surface area contributed by atoms with Crippen LogP contribution in [0.5, 0.6) is 5.75 Å². The monoisotopic (exact) mass is 243 g/mol. The van der Waals surface area contributed by atoms with Crippen LogP contribution in [0.1, 0.15) is 19.8 Å². The van der Waals surface area contributed by atoms with E-state index in [9.17, 15) is 4.79 Å². The fraction of sp³-hybridized carbons (Fsp3) is 0.267. The van der Waals surface area contributed by atoms with Crippen LogP contribution in [0.2, 0.25) is 0 Å². The molecule has 0 saturated carbocycles. The molecule has 0 radical (unpaired) electrons. The van der Waals surface area contributed by atoms with Crippen LogP contribution >= 0.6 is 0 Å². The molecule has 0 heterocycles. The summed E-state index contributed by atoms with van der Waals surface area (Å²) in [6.07, 6.45) is 1.63. The largest absolute Gasteiger partial charge is 0.412 e. The number of benzene rings is 2. The van der Waals surface area contributed by atoms with E-state index in [0.29, 0.717) is 12.3 Å². The van der Waals surface area contributed by atoms with Gasteiger partial charge in [0.25, 0.3) is 0 Å². The fourth-order valence-electron chi connectivity index (χ4n) is 1.74. The van der Waals surface area contributed by atoms with Crippen molar-refractivity contribution in [1.29, 1.82) is 0 Å². The molecule has 2 rings (SSSR count). The van der Waals surface area contributed by atoms with Crippen LogP contribution in [-0.4, -0.2) is 12.6 Å². The summed E-state index contributed by atoms with van der Waals surface area (Å²) in [6.45, 7) is 2.74. The standard InChI is InChI=1S/C15H17NO2/c1-2-3-10-16-15(17)18-14-9-8-12-6-4-5-7-13(12)11-14/h4-9,11H,2-3,10H2,1H3,(H,16,17). The third-order valence-electron chi connectivity index (χ3n) is 2.73. The number of carbonyl (C=O) groups excluding carboxylic acids is 1. The summed E-state index contributed by atoms with van der Waals surface area (Å²) in [5.41, 5.74) is 0. The zero-order valence-electron chi connectivity index (χ0n) is 10.5. The van der Waals surface area contributed by atoms with Crippen molar-refractivity contribution in [1.82, 2.24) is 5.32 Å². The zero-order valence-corrected chi connectivity index (χ0v) is 10.5. The topological polar surface area (TPSA) is 38.3 Å². The van der Waals surface area contributed by atoms with Gasteiger partial charge < -0.3 is 10.1 Å². The van der Waals surface area contributed by atoms with Crippen molar-refractivity contribution in [3.05, 3.63) is 42.5 Å². The second-order valence-electron chi connectivity index (χ2n) is 4.18. The van der Waals surface area contributed by atoms with Crippen LogP contribution in [0.25, 0.3) is 10.8 Å². The smallest absolute Gasteiger partial charge is 0.410 e. The van der Waals surface area contributed by atoms with Gasteiger partial charge in [-0.1, -0.05) is 43.7 Å². The molecule has 0 aromatic heterocycles. The van der Waals surface area contributed by atoms with Crippen molar-refractivity contribution in [3.8, 4) is 5.75 Å². The van der Waals surface area contributed by atoms with E-state index < -0.39 is 6.09 Å². The molecule has 3 nitrogen and oxygen atoms in total. The SMILES string of the molecule is CCCCNC(=O)Oc1ccc2ccccc2c1. The van der Waals surface area contributed by atoms with E-state index in [2.05, 4.69) is 12.2 Å². The Labute approximate surface area is 107 Å². The van der Waals surface area contributed by atoms with Gasteiger partial charge in [0.05, 0.1) is 0 Å². The van der Waals surface area contributed by atoms with Gasteiger partial charge in [-0.25, -0.2) is 4.79 Å². The molecule has 0 unspecified atom stereocenters. The normalized spacial score (nSPS) is 10.3. The van der Waals surface area contributed by atoms with Gasteiger partial charge in [-0.05, 0) is 29.3 Å². The quantitative estimate of drug-likeness (QED) is 0.831. The number of nitrogens with one attached hydrogen (secondary N) is 1. The number of carbonyl (C=O) groups is 1. The highest BCUT2D eigenvalue weighted by Crippen LogP contribution is 2.20. The summed E-state index contributed by atoms with van der Waals surface area (Å²) in [6, 6.07) is 13.6. The zero-order chi connectivity index (χ0) is 12.8. The summed E-state index contributed by atoms with van der Waals surface area (Å²) in [4.78, 5) is 11.5. The van der Waals surface area contributed by atoms with Gasteiger partial charge in [-0.2, -0.15) is 0 Å². The van der Waals surface area contributed by atoms with Gasteiger partial charge in [0, 0.05) is 6.54 Å². The number of fused-ring (bicyclic) bond motifs is 1. The molecule has 2 aromatic rings. The van der Waals surface area contributed by atoms with Crippen molar-refractivity contribution >= 4 is 16.9 Å². The minimum atomic E-state index is -0.390. The molecule has 3 heteroatoms. The molecule has 0 fully saturated rings. The lowest BCUT2D eigenvalue weighted by atomic mass is 10.1. The number of hydrogen-bond acceptors (Lipinski definition) is 2. The van der Waals surface area contributed by atoms with Crippen molar-refractivity contribution in [2.45, 2.75) is 19.8 Å². The molecule has 0 atom stereocenters. The summed E-state index contributed by atoms with van der Waals surface area (Å²) < 4.78 is 5.22.